The third-order valence-corrected chi connectivity index (χ3v) is 2.25. The number of hydrogen-bond donors (Lipinski definition) is 3. The number of nitrogens with two attached hydrogens (primary N) is 2. The molecule has 0 saturated heterocycles. The van der Waals surface area contributed by atoms with Crippen LogP contribution in [0.4, 0.5) is 5.69 Å². The maximum absolute atomic E-state index is 11.6. The van der Waals surface area contributed by atoms with Gasteiger partial charge in [0.05, 0.1) is 18.6 Å². The number of carbonyl (C=O) groups is 2. The van der Waals surface area contributed by atoms with E-state index in [0.29, 0.717) is 5.69 Å². The van der Waals surface area contributed by atoms with Gasteiger partial charge in [0.2, 0.25) is 11.8 Å². The molecule has 2 amide bonds. The maximum Gasteiger partial charge on any atom is 0.241 e. The molecule has 0 bridgehead atoms. The molecular formula is C13H20ClN3O3. The van der Waals surface area contributed by atoms with Gasteiger partial charge in [0.15, 0.2) is 0 Å². The number of benzene rings is 1. The highest BCUT2D eigenvalue weighted by molar-refractivity contribution is 5.97. The molecular weight excluding hydrogens is 282 g/mol. The smallest absolute Gasteiger partial charge is 0.241 e. The van der Waals surface area contributed by atoms with Gasteiger partial charge >= 0.3 is 0 Å². The van der Waals surface area contributed by atoms with Crippen molar-refractivity contribution in [1.29, 1.82) is 0 Å². The minimum atomic E-state index is -0.941. The molecule has 1 aromatic carbocycles. The van der Waals surface area contributed by atoms with Crippen LogP contribution in [0, 0.1) is 0 Å². The number of carbonyl (C=O) groups excluding carboxylic acids is 2. The molecule has 20 heavy (non-hydrogen) atoms. The summed E-state index contributed by atoms with van der Waals surface area (Å²) in [6.07, 6.45) is -0.0927. The molecule has 112 valence electrons. The number of rotatable bonds is 6. The van der Waals surface area contributed by atoms with Crippen molar-refractivity contribution in [2.45, 2.75) is 32.4 Å². The molecule has 0 aliphatic carbocycles. The first-order valence-electron chi connectivity index (χ1n) is 6.00. The minimum absolute atomic E-state index is 0. The fourth-order valence-electron chi connectivity index (χ4n) is 1.43. The summed E-state index contributed by atoms with van der Waals surface area (Å²) in [6.45, 7) is 3.86. The number of ether oxygens (including phenoxy) is 1. The third-order valence-electron chi connectivity index (χ3n) is 2.25. The quantitative estimate of drug-likeness (QED) is 0.729. The van der Waals surface area contributed by atoms with Crippen LogP contribution in [0.2, 0.25) is 0 Å². The van der Waals surface area contributed by atoms with Crippen LogP contribution in [0.25, 0.3) is 0 Å². The molecule has 1 unspecified atom stereocenters. The highest BCUT2D eigenvalue weighted by Gasteiger charge is 2.15. The molecule has 0 aliphatic heterocycles. The number of primary amides is 1. The summed E-state index contributed by atoms with van der Waals surface area (Å²) in [7, 11) is 0. The zero-order chi connectivity index (χ0) is 14.4. The Morgan fingerprint density at radius 3 is 2.25 bits per heavy atom. The van der Waals surface area contributed by atoms with E-state index in [9.17, 15) is 9.59 Å². The van der Waals surface area contributed by atoms with Crippen LogP contribution in [-0.2, 0) is 9.59 Å². The highest BCUT2D eigenvalue weighted by Crippen LogP contribution is 2.17. The lowest BCUT2D eigenvalue weighted by molar-refractivity contribution is -0.123. The first-order valence-corrected chi connectivity index (χ1v) is 6.00. The summed E-state index contributed by atoms with van der Waals surface area (Å²) in [5.41, 5.74) is 11.1. The van der Waals surface area contributed by atoms with Crippen molar-refractivity contribution in [3.05, 3.63) is 24.3 Å². The van der Waals surface area contributed by atoms with E-state index >= 15 is 0 Å². The van der Waals surface area contributed by atoms with E-state index in [4.69, 9.17) is 16.2 Å². The molecule has 0 radical (unpaired) electrons. The fraction of sp³-hybridized carbons (Fsp3) is 0.385. The summed E-state index contributed by atoms with van der Waals surface area (Å²) in [4.78, 5) is 22.3. The summed E-state index contributed by atoms with van der Waals surface area (Å²) < 4.78 is 5.48. The maximum atomic E-state index is 11.6. The van der Waals surface area contributed by atoms with Gasteiger partial charge in [-0.3, -0.25) is 9.59 Å². The normalized spacial score (nSPS) is 11.4. The van der Waals surface area contributed by atoms with Gasteiger partial charge in [0.1, 0.15) is 5.75 Å². The largest absolute Gasteiger partial charge is 0.491 e. The average molecular weight is 302 g/mol. The molecule has 1 rings (SSSR count). The highest BCUT2D eigenvalue weighted by atomic mass is 35.5. The second kappa shape index (κ2) is 8.39. The molecule has 0 heterocycles. The molecule has 7 heteroatoms. The van der Waals surface area contributed by atoms with Crippen LogP contribution >= 0.6 is 12.4 Å². The van der Waals surface area contributed by atoms with E-state index < -0.39 is 17.9 Å². The fourth-order valence-corrected chi connectivity index (χ4v) is 1.43. The van der Waals surface area contributed by atoms with Crippen molar-refractivity contribution in [3.63, 3.8) is 0 Å². The average Bonchev–Trinajstić information content (AvgIpc) is 2.30. The number of halogens is 1. The molecule has 0 spiro atoms. The lowest BCUT2D eigenvalue weighted by Gasteiger charge is -2.12. The Labute approximate surface area is 124 Å². The Hall–Kier alpha value is -1.79. The summed E-state index contributed by atoms with van der Waals surface area (Å²) in [5.74, 6) is -0.339. The SMILES string of the molecule is CC(C)Oc1ccc(NC(=O)C(N)CC(N)=O)cc1.Cl. The number of amides is 2. The Bertz CT molecular complexity index is 449. The van der Waals surface area contributed by atoms with E-state index in [1.54, 1.807) is 24.3 Å². The van der Waals surface area contributed by atoms with Crippen molar-refractivity contribution < 1.29 is 14.3 Å². The Kier molecular flexibility index (Phi) is 7.64. The molecule has 0 fully saturated rings. The topological polar surface area (TPSA) is 107 Å². The van der Waals surface area contributed by atoms with Gasteiger partial charge in [0, 0.05) is 5.69 Å². The van der Waals surface area contributed by atoms with Crippen LogP contribution in [0.3, 0.4) is 0 Å². The van der Waals surface area contributed by atoms with Gasteiger partial charge in [-0.25, -0.2) is 0 Å². The van der Waals surface area contributed by atoms with E-state index in [-0.39, 0.29) is 24.9 Å². The third kappa shape index (κ3) is 6.40. The van der Waals surface area contributed by atoms with Crippen LogP contribution in [0.5, 0.6) is 5.75 Å². The summed E-state index contributed by atoms with van der Waals surface area (Å²) in [5, 5.41) is 2.60. The lowest BCUT2D eigenvalue weighted by atomic mass is 10.2. The monoisotopic (exact) mass is 301 g/mol. The summed E-state index contributed by atoms with van der Waals surface area (Å²) >= 11 is 0. The lowest BCUT2D eigenvalue weighted by Crippen LogP contribution is -2.38. The van der Waals surface area contributed by atoms with Gasteiger partial charge in [-0.2, -0.15) is 0 Å². The van der Waals surface area contributed by atoms with E-state index in [1.165, 1.54) is 0 Å². The van der Waals surface area contributed by atoms with Crippen LogP contribution in [0.1, 0.15) is 20.3 Å². The minimum Gasteiger partial charge on any atom is -0.491 e. The van der Waals surface area contributed by atoms with Crippen molar-refractivity contribution in [2.24, 2.45) is 11.5 Å². The second-order valence-corrected chi connectivity index (χ2v) is 4.46. The molecule has 5 N–H and O–H groups in total. The van der Waals surface area contributed by atoms with Gasteiger partial charge in [-0.05, 0) is 38.1 Å². The predicted molar refractivity (Wildman–Crippen MR) is 79.9 cm³/mol. The second-order valence-electron chi connectivity index (χ2n) is 4.46. The van der Waals surface area contributed by atoms with Crippen LogP contribution in [0.15, 0.2) is 24.3 Å². The molecule has 0 saturated carbocycles. The van der Waals surface area contributed by atoms with Gasteiger partial charge in [-0.15, -0.1) is 12.4 Å². The molecule has 0 aliphatic rings. The predicted octanol–water partition coefficient (Wildman–Crippen LogP) is 1.04. The first kappa shape index (κ1) is 18.2. The Morgan fingerprint density at radius 1 is 1.25 bits per heavy atom. The summed E-state index contributed by atoms with van der Waals surface area (Å²) in [6, 6.07) is 5.95. The molecule has 1 atom stereocenters. The van der Waals surface area contributed by atoms with Crippen molar-refractivity contribution in [1.82, 2.24) is 0 Å². The van der Waals surface area contributed by atoms with Crippen molar-refractivity contribution in [3.8, 4) is 5.75 Å². The number of anilines is 1. The van der Waals surface area contributed by atoms with Crippen molar-refractivity contribution >= 4 is 29.9 Å². The Balaban J connectivity index is 0.00000361. The number of nitrogens with one attached hydrogen (secondary N) is 1. The zero-order valence-corrected chi connectivity index (χ0v) is 12.3. The zero-order valence-electron chi connectivity index (χ0n) is 11.5. The molecule has 0 aromatic heterocycles. The van der Waals surface area contributed by atoms with Gasteiger partial charge in [0.25, 0.3) is 0 Å². The van der Waals surface area contributed by atoms with Gasteiger partial charge in [-0.1, -0.05) is 0 Å². The molecule has 6 nitrogen and oxygen atoms in total. The Morgan fingerprint density at radius 2 is 1.80 bits per heavy atom. The standard InChI is InChI=1S/C13H19N3O3.ClH/c1-8(2)19-10-5-3-9(4-6-10)16-13(18)11(14)7-12(15)17;/h3-6,8,11H,7,14H2,1-2H3,(H2,15,17)(H,16,18);1H. The molecule has 1 aromatic rings. The van der Waals surface area contributed by atoms with E-state index in [1.807, 2.05) is 13.8 Å². The first-order chi connectivity index (χ1) is 8.88. The number of hydrogen-bond acceptors (Lipinski definition) is 4. The van der Waals surface area contributed by atoms with E-state index in [0.717, 1.165) is 5.75 Å². The van der Waals surface area contributed by atoms with E-state index in [2.05, 4.69) is 5.32 Å². The van der Waals surface area contributed by atoms with Crippen LogP contribution < -0.4 is 21.5 Å². The van der Waals surface area contributed by atoms with Crippen molar-refractivity contribution in [2.75, 3.05) is 5.32 Å². The van der Waals surface area contributed by atoms with Crippen LogP contribution in [-0.4, -0.2) is 24.0 Å². The van der Waals surface area contributed by atoms with Gasteiger partial charge < -0.3 is 21.5 Å².